The molecule has 0 aromatic heterocycles. The molecular formula is C15H22N2O3. The number of amides is 1. The first kappa shape index (κ1) is 16.0. The highest BCUT2D eigenvalue weighted by Crippen LogP contribution is 2.13. The van der Waals surface area contributed by atoms with E-state index in [1.807, 2.05) is 32.0 Å². The fraction of sp³-hybridized carbons (Fsp3) is 0.467. The molecule has 0 bridgehead atoms. The Morgan fingerprint density at radius 3 is 2.50 bits per heavy atom. The highest BCUT2D eigenvalue weighted by atomic mass is 16.5. The van der Waals surface area contributed by atoms with Crippen molar-refractivity contribution in [2.24, 2.45) is 0 Å². The van der Waals surface area contributed by atoms with E-state index in [4.69, 9.17) is 10.5 Å². The maximum absolute atomic E-state index is 12.3. The van der Waals surface area contributed by atoms with E-state index in [2.05, 4.69) is 0 Å². The molecule has 2 N–H and O–H groups in total. The summed E-state index contributed by atoms with van der Waals surface area (Å²) in [7, 11) is 0. The van der Waals surface area contributed by atoms with Gasteiger partial charge in [0.25, 0.3) is 0 Å². The van der Waals surface area contributed by atoms with Crippen LogP contribution in [0.2, 0.25) is 0 Å². The normalized spacial score (nSPS) is 10.4. The number of anilines is 1. The number of hydrogen-bond acceptors (Lipinski definition) is 4. The van der Waals surface area contributed by atoms with Gasteiger partial charge in [0.2, 0.25) is 5.91 Å². The zero-order valence-electron chi connectivity index (χ0n) is 12.3. The maximum Gasteiger partial charge on any atom is 0.325 e. The first-order valence-corrected chi connectivity index (χ1v) is 6.74. The van der Waals surface area contributed by atoms with Crippen molar-refractivity contribution in [3.8, 4) is 0 Å². The van der Waals surface area contributed by atoms with Crippen molar-refractivity contribution >= 4 is 17.6 Å². The van der Waals surface area contributed by atoms with Crippen LogP contribution in [-0.4, -0.2) is 36.0 Å². The average molecular weight is 278 g/mol. The number of nitrogens with two attached hydrogens (primary N) is 1. The quantitative estimate of drug-likeness (QED) is 0.634. The molecule has 110 valence electrons. The van der Waals surface area contributed by atoms with Gasteiger partial charge in [-0.05, 0) is 32.4 Å². The van der Waals surface area contributed by atoms with E-state index >= 15 is 0 Å². The third-order valence-corrected chi connectivity index (χ3v) is 2.95. The molecule has 1 aromatic carbocycles. The van der Waals surface area contributed by atoms with Crippen LogP contribution >= 0.6 is 0 Å². The van der Waals surface area contributed by atoms with E-state index in [1.165, 1.54) is 4.90 Å². The lowest BCUT2D eigenvalue weighted by Crippen LogP contribution is -2.42. The number of para-hydroxylation sites is 1. The number of nitrogen functional groups attached to an aromatic ring is 1. The Bertz CT molecular complexity index is 472. The second-order valence-electron chi connectivity index (χ2n) is 4.80. The van der Waals surface area contributed by atoms with Crippen molar-refractivity contribution in [1.82, 2.24) is 4.90 Å². The minimum absolute atomic E-state index is 0.0307. The van der Waals surface area contributed by atoms with E-state index in [9.17, 15) is 9.59 Å². The van der Waals surface area contributed by atoms with Crippen LogP contribution in [0.3, 0.4) is 0 Å². The molecule has 1 rings (SSSR count). The largest absolute Gasteiger partial charge is 0.465 e. The van der Waals surface area contributed by atoms with Gasteiger partial charge in [-0.25, -0.2) is 0 Å². The summed E-state index contributed by atoms with van der Waals surface area (Å²) < 4.78 is 4.89. The molecule has 0 saturated carbocycles. The molecular weight excluding hydrogens is 256 g/mol. The molecule has 5 nitrogen and oxygen atoms in total. The number of benzene rings is 1. The summed E-state index contributed by atoms with van der Waals surface area (Å²) in [6.07, 6.45) is 0.185. The Morgan fingerprint density at radius 1 is 1.30 bits per heavy atom. The molecule has 0 saturated heterocycles. The highest BCUT2D eigenvalue weighted by molar-refractivity contribution is 5.84. The minimum atomic E-state index is -0.393. The summed E-state index contributed by atoms with van der Waals surface area (Å²) in [5.74, 6) is -0.526. The second kappa shape index (κ2) is 7.53. The summed E-state index contributed by atoms with van der Waals surface area (Å²) in [6, 6.07) is 7.16. The van der Waals surface area contributed by atoms with Gasteiger partial charge in [0.1, 0.15) is 6.54 Å². The molecule has 0 aliphatic rings. The maximum atomic E-state index is 12.3. The summed E-state index contributed by atoms with van der Waals surface area (Å²) in [5, 5.41) is 0. The minimum Gasteiger partial charge on any atom is -0.465 e. The molecule has 0 fully saturated rings. The Labute approximate surface area is 119 Å². The van der Waals surface area contributed by atoms with Gasteiger partial charge in [-0.3, -0.25) is 9.59 Å². The van der Waals surface area contributed by atoms with E-state index < -0.39 is 5.97 Å². The van der Waals surface area contributed by atoms with Crippen LogP contribution in [0.4, 0.5) is 5.69 Å². The van der Waals surface area contributed by atoms with Crippen LogP contribution in [0.5, 0.6) is 0 Å². The summed E-state index contributed by atoms with van der Waals surface area (Å²) in [4.78, 5) is 25.4. The van der Waals surface area contributed by atoms with Gasteiger partial charge in [-0.1, -0.05) is 18.2 Å². The van der Waals surface area contributed by atoms with Crippen molar-refractivity contribution in [2.45, 2.75) is 33.2 Å². The molecule has 20 heavy (non-hydrogen) atoms. The molecule has 1 amide bonds. The second-order valence-corrected chi connectivity index (χ2v) is 4.80. The predicted octanol–water partition coefficient (Wildman–Crippen LogP) is 1.61. The topological polar surface area (TPSA) is 72.6 Å². The number of ether oxygens (including phenoxy) is 1. The lowest BCUT2D eigenvalue weighted by Gasteiger charge is -2.26. The molecule has 0 aliphatic carbocycles. The molecule has 0 unspecified atom stereocenters. The number of esters is 1. The zero-order chi connectivity index (χ0) is 15.1. The van der Waals surface area contributed by atoms with Gasteiger partial charge in [-0.2, -0.15) is 0 Å². The molecule has 0 aliphatic heterocycles. The summed E-state index contributed by atoms with van der Waals surface area (Å²) in [6.45, 7) is 5.75. The lowest BCUT2D eigenvalue weighted by molar-refractivity contribution is -0.149. The van der Waals surface area contributed by atoms with E-state index in [0.717, 1.165) is 5.56 Å². The molecule has 0 spiro atoms. The highest BCUT2D eigenvalue weighted by Gasteiger charge is 2.21. The third-order valence-electron chi connectivity index (χ3n) is 2.95. The molecule has 1 aromatic rings. The van der Waals surface area contributed by atoms with E-state index in [1.54, 1.807) is 13.0 Å². The van der Waals surface area contributed by atoms with Crippen molar-refractivity contribution in [1.29, 1.82) is 0 Å². The fourth-order valence-corrected chi connectivity index (χ4v) is 1.86. The number of hydrogen-bond donors (Lipinski definition) is 1. The fourth-order valence-electron chi connectivity index (χ4n) is 1.86. The van der Waals surface area contributed by atoms with Crippen molar-refractivity contribution in [3.63, 3.8) is 0 Å². The van der Waals surface area contributed by atoms with Gasteiger partial charge < -0.3 is 15.4 Å². The van der Waals surface area contributed by atoms with Gasteiger partial charge >= 0.3 is 5.97 Å². The molecule has 0 heterocycles. The Morgan fingerprint density at radius 2 is 1.95 bits per heavy atom. The van der Waals surface area contributed by atoms with E-state index in [0.29, 0.717) is 12.3 Å². The van der Waals surface area contributed by atoms with Crippen LogP contribution in [0.25, 0.3) is 0 Å². The smallest absolute Gasteiger partial charge is 0.325 e. The van der Waals surface area contributed by atoms with Crippen molar-refractivity contribution < 1.29 is 14.3 Å². The monoisotopic (exact) mass is 278 g/mol. The number of nitrogens with zero attached hydrogens (tertiary/aromatic N) is 1. The molecule has 0 radical (unpaired) electrons. The summed E-state index contributed by atoms with van der Waals surface area (Å²) >= 11 is 0. The van der Waals surface area contributed by atoms with Gasteiger partial charge in [-0.15, -0.1) is 0 Å². The van der Waals surface area contributed by atoms with Crippen LogP contribution in [-0.2, 0) is 20.7 Å². The first-order chi connectivity index (χ1) is 9.45. The van der Waals surface area contributed by atoms with E-state index in [-0.39, 0.29) is 24.9 Å². The number of carbonyl (C=O) groups is 2. The Hall–Kier alpha value is -2.04. The summed E-state index contributed by atoms with van der Waals surface area (Å²) in [5.41, 5.74) is 7.19. The standard InChI is InChI=1S/C15H22N2O3/c1-4-20-15(19)10-17(11(2)3)14(18)9-12-7-5-6-8-13(12)16/h5-8,11H,4,9-10,16H2,1-3H3. The Balaban J connectivity index is 2.75. The average Bonchev–Trinajstić information content (AvgIpc) is 2.38. The Kier molecular flexibility index (Phi) is 6.03. The third kappa shape index (κ3) is 4.57. The lowest BCUT2D eigenvalue weighted by atomic mass is 10.1. The first-order valence-electron chi connectivity index (χ1n) is 6.74. The molecule has 0 atom stereocenters. The molecule has 5 heteroatoms. The van der Waals surface area contributed by atoms with Crippen LogP contribution < -0.4 is 5.73 Å². The zero-order valence-corrected chi connectivity index (χ0v) is 12.3. The van der Waals surface area contributed by atoms with Gasteiger partial charge in [0.15, 0.2) is 0 Å². The van der Waals surface area contributed by atoms with Crippen molar-refractivity contribution in [3.05, 3.63) is 29.8 Å². The number of rotatable bonds is 6. The van der Waals surface area contributed by atoms with Gasteiger partial charge in [0.05, 0.1) is 13.0 Å². The van der Waals surface area contributed by atoms with Crippen LogP contribution in [0.15, 0.2) is 24.3 Å². The number of carbonyl (C=O) groups excluding carboxylic acids is 2. The SMILES string of the molecule is CCOC(=O)CN(C(=O)Cc1ccccc1N)C(C)C. The van der Waals surface area contributed by atoms with Crippen LogP contribution in [0.1, 0.15) is 26.3 Å². The van der Waals surface area contributed by atoms with Crippen molar-refractivity contribution in [2.75, 3.05) is 18.9 Å². The van der Waals surface area contributed by atoms with Crippen LogP contribution in [0, 0.1) is 0 Å². The van der Waals surface area contributed by atoms with Gasteiger partial charge in [0, 0.05) is 11.7 Å². The predicted molar refractivity (Wildman–Crippen MR) is 78.0 cm³/mol.